The van der Waals surface area contributed by atoms with E-state index in [1.807, 2.05) is 6.92 Å². The molecule has 0 heterocycles. The van der Waals surface area contributed by atoms with Crippen LogP contribution in [0.4, 0.5) is 5.69 Å². The van der Waals surface area contributed by atoms with Gasteiger partial charge in [0.05, 0.1) is 11.0 Å². The van der Waals surface area contributed by atoms with Gasteiger partial charge in [-0.2, -0.15) is 0 Å². The molecule has 1 aromatic carbocycles. The number of nitrogens with zero attached hydrogens (tertiary/aromatic N) is 1. The van der Waals surface area contributed by atoms with Crippen molar-refractivity contribution < 1.29 is 9.66 Å². The first-order valence-electron chi connectivity index (χ1n) is 6.35. The van der Waals surface area contributed by atoms with Crippen LogP contribution in [0.25, 0.3) is 0 Å². The lowest BCUT2D eigenvalue weighted by Crippen LogP contribution is -2.11. The Morgan fingerprint density at radius 2 is 2.00 bits per heavy atom. The van der Waals surface area contributed by atoms with Crippen molar-refractivity contribution in [3.05, 3.63) is 33.9 Å². The quantitative estimate of drug-likeness (QED) is 0.607. The molecule has 3 N–H and O–H groups in total. The minimum Gasteiger partial charge on any atom is -0.492 e. The molecular formula is C13H23N3O3. The second-order valence-electron chi connectivity index (χ2n) is 3.80. The Hall–Kier alpha value is -1.66. The fourth-order valence-corrected chi connectivity index (χ4v) is 1.28. The lowest BCUT2D eigenvalue weighted by molar-refractivity contribution is -0.384. The topological polar surface area (TPSA) is 90.4 Å². The van der Waals surface area contributed by atoms with Crippen LogP contribution in [0.1, 0.15) is 19.4 Å². The van der Waals surface area contributed by atoms with E-state index in [0.29, 0.717) is 18.9 Å². The lowest BCUT2D eigenvalue weighted by atomic mass is 10.2. The largest absolute Gasteiger partial charge is 0.492 e. The van der Waals surface area contributed by atoms with Gasteiger partial charge in [0.25, 0.3) is 5.69 Å². The smallest absolute Gasteiger partial charge is 0.273 e. The molecule has 0 fully saturated rings. The number of nitrogens with two attached hydrogens (primary N) is 1. The molecular weight excluding hydrogens is 246 g/mol. The highest BCUT2D eigenvalue weighted by atomic mass is 16.6. The molecule has 0 aromatic heterocycles. The Kier molecular flexibility index (Phi) is 9.38. The van der Waals surface area contributed by atoms with Crippen molar-refractivity contribution >= 4 is 5.69 Å². The highest BCUT2D eigenvalue weighted by Gasteiger charge is 2.08. The third-order valence-corrected chi connectivity index (χ3v) is 2.26. The number of nitro groups is 1. The van der Waals surface area contributed by atoms with Gasteiger partial charge in [0.1, 0.15) is 12.4 Å². The Labute approximate surface area is 114 Å². The molecule has 108 valence electrons. The van der Waals surface area contributed by atoms with Gasteiger partial charge in [0, 0.05) is 12.6 Å². The average molecular weight is 269 g/mol. The van der Waals surface area contributed by atoms with E-state index < -0.39 is 4.92 Å². The van der Waals surface area contributed by atoms with Crippen LogP contribution in [0.15, 0.2) is 18.2 Å². The summed E-state index contributed by atoms with van der Waals surface area (Å²) in [6.07, 6.45) is 0. The van der Waals surface area contributed by atoms with Crippen molar-refractivity contribution in [2.75, 3.05) is 26.2 Å². The van der Waals surface area contributed by atoms with E-state index in [2.05, 4.69) is 19.2 Å². The van der Waals surface area contributed by atoms with Crippen molar-refractivity contribution in [1.29, 1.82) is 0 Å². The molecule has 0 amide bonds. The van der Waals surface area contributed by atoms with Crippen molar-refractivity contribution in [1.82, 2.24) is 5.32 Å². The standard InChI is InChI=1S/C9H12N2O3.C4H11N/c1-7-2-3-8(11(12)13)6-9(7)14-5-4-10;1-3-5-4-2/h2-3,6H,4-5,10H2,1H3;5H,3-4H2,1-2H3. The summed E-state index contributed by atoms with van der Waals surface area (Å²) in [6.45, 7) is 8.97. The van der Waals surface area contributed by atoms with Gasteiger partial charge in [-0.3, -0.25) is 10.1 Å². The second-order valence-corrected chi connectivity index (χ2v) is 3.80. The fraction of sp³-hybridized carbons (Fsp3) is 0.538. The molecule has 1 aromatic rings. The predicted molar refractivity (Wildman–Crippen MR) is 76.6 cm³/mol. The monoisotopic (exact) mass is 269 g/mol. The second kappa shape index (κ2) is 10.3. The molecule has 0 spiro atoms. The van der Waals surface area contributed by atoms with Crippen LogP contribution in [-0.4, -0.2) is 31.2 Å². The predicted octanol–water partition coefficient (Wildman–Crippen LogP) is 1.86. The van der Waals surface area contributed by atoms with E-state index in [1.54, 1.807) is 6.07 Å². The maximum absolute atomic E-state index is 10.5. The molecule has 0 atom stereocenters. The number of non-ortho nitro benzene ring substituents is 1. The van der Waals surface area contributed by atoms with Crippen LogP contribution in [-0.2, 0) is 0 Å². The summed E-state index contributed by atoms with van der Waals surface area (Å²) in [5.74, 6) is 0.518. The number of aryl methyl sites for hydroxylation is 1. The SMILES string of the molecule is CCNCC.Cc1ccc([N+](=O)[O-])cc1OCCN. The minimum absolute atomic E-state index is 0.0302. The summed E-state index contributed by atoms with van der Waals surface area (Å²) in [7, 11) is 0. The van der Waals surface area contributed by atoms with E-state index in [0.717, 1.165) is 18.7 Å². The number of ether oxygens (including phenoxy) is 1. The van der Waals surface area contributed by atoms with Crippen LogP contribution in [0, 0.1) is 17.0 Å². The first-order chi connectivity index (χ1) is 9.06. The first kappa shape index (κ1) is 17.3. The van der Waals surface area contributed by atoms with Crippen molar-refractivity contribution in [2.45, 2.75) is 20.8 Å². The maximum Gasteiger partial charge on any atom is 0.273 e. The van der Waals surface area contributed by atoms with Crippen molar-refractivity contribution in [3.63, 3.8) is 0 Å². The molecule has 1 rings (SSSR count). The summed E-state index contributed by atoms with van der Waals surface area (Å²) < 4.78 is 5.25. The molecule has 0 bridgehead atoms. The highest BCUT2D eigenvalue weighted by molar-refractivity contribution is 5.43. The van der Waals surface area contributed by atoms with Crippen LogP contribution >= 0.6 is 0 Å². The van der Waals surface area contributed by atoms with Gasteiger partial charge in [-0.1, -0.05) is 13.8 Å². The number of rotatable bonds is 6. The van der Waals surface area contributed by atoms with Gasteiger partial charge in [-0.25, -0.2) is 0 Å². The van der Waals surface area contributed by atoms with E-state index in [4.69, 9.17) is 10.5 Å². The van der Waals surface area contributed by atoms with Crippen LogP contribution in [0.3, 0.4) is 0 Å². The number of hydrogen-bond acceptors (Lipinski definition) is 5. The Balaban J connectivity index is 0.000000555. The molecule has 0 unspecified atom stereocenters. The molecule has 0 saturated carbocycles. The summed E-state index contributed by atoms with van der Waals surface area (Å²) in [4.78, 5) is 10.0. The van der Waals surface area contributed by atoms with Crippen LogP contribution in [0.2, 0.25) is 0 Å². The van der Waals surface area contributed by atoms with E-state index >= 15 is 0 Å². The van der Waals surface area contributed by atoms with Gasteiger partial charge < -0.3 is 15.8 Å². The number of benzene rings is 1. The normalized spacial score (nSPS) is 9.47. The molecule has 0 aliphatic heterocycles. The number of nitro benzene ring substituents is 1. The highest BCUT2D eigenvalue weighted by Crippen LogP contribution is 2.23. The van der Waals surface area contributed by atoms with Crippen molar-refractivity contribution in [2.24, 2.45) is 5.73 Å². The molecule has 0 radical (unpaired) electrons. The van der Waals surface area contributed by atoms with Gasteiger partial charge in [0.2, 0.25) is 0 Å². The number of nitrogens with one attached hydrogen (secondary N) is 1. The van der Waals surface area contributed by atoms with E-state index in [9.17, 15) is 10.1 Å². The molecule has 0 aliphatic rings. The molecule has 6 nitrogen and oxygen atoms in total. The Morgan fingerprint density at radius 3 is 2.42 bits per heavy atom. The van der Waals surface area contributed by atoms with Gasteiger partial charge >= 0.3 is 0 Å². The Bertz CT molecular complexity index is 381. The fourth-order valence-electron chi connectivity index (χ4n) is 1.28. The van der Waals surface area contributed by atoms with Crippen molar-refractivity contribution in [3.8, 4) is 5.75 Å². The van der Waals surface area contributed by atoms with Crippen LogP contribution < -0.4 is 15.8 Å². The molecule has 19 heavy (non-hydrogen) atoms. The summed E-state index contributed by atoms with van der Waals surface area (Å²) in [5.41, 5.74) is 6.16. The zero-order chi connectivity index (χ0) is 14.7. The zero-order valence-corrected chi connectivity index (χ0v) is 11.8. The summed E-state index contributed by atoms with van der Waals surface area (Å²) in [6, 6.07) is 4.51. The van der Waals surface area contributed by atoms with E-state index in [-0.39, 0.29) is 5.69 Å². The molecule has 0 saturated heterocycles. The first-order valence-corrected chi connectivity index (χ1v) is 6.35. The van der Waals surface area contributed by atoms with Gasteiger partial charge in [-0.15, -0.1) is 0 Å². The minimum atomic E-state index is -0.450. The van der Waals surface area contributed by atoms with E-state index in [1.165, 1.54) is 12.1 Å². The van der Waals surface area contributed by atoms with Gasteiger partial charge in [0.15, 0.2) is 0 Å². The third kappa shape index (κ3) is 7.38. The molecule has 6 heteroatoms. The van der Waals surface area contributed by atoms with Crippen LogP contribution in [0.5, 0.6) is 5.75 Å². The lowest BCUT2D eigenvalue weighted by Gasteiger charge is -2.06. The molecule has 0 aliphatic carbocycles. The maximum atomic E-state index is 10.5. The zero-order valence-electron chi connectivity index (χ0n) is 11.8. The summed E-state index contributed by atoms with van der Waals surface area (Å²) >= 11 is 0. The third-order valence-electron chi connectivity index (χ3n) is 2.26. The average Bonchev–Trinajstić information content (AvgIpc) is 2.39. The Morgan fingerprint density at radius 1 is 1.37 bits per heavy atom. The van der Waals surface area contributed by atoms with Gasteiger partial charge in [-0.05, 0) is 31.6 Å². The number of hydrogen-bond donors (Lipinski definition) is 2. The summed E-state index contributed by atoms with van der Waals surface area (Å²) in [5, 5.41) is 13.6.